The van der Waals surface area contributed by atoms with E-state index in [-0.39, 0.29) is 12.2 Å². The van der Waals surface area contributed by atoms with Crippen molar-refractivity contribution in [2.75, 3.05) is 19.7 Å². The van der Waals surface area contributed by atoms with Gasteiger partial charge in [0.2, 0.25) is 0 Å². The maximum absolute atomic E-state index is 10.2. The number of hydrogen-bond acceptors (Lipinski definition) is 3. The molecule has 3 unspecified atom stereocenters. The van der Waals surface area contributed by atoms with Gasteiger partial charge >= 0.3 is 0 Å². The smallest absolute Gasteiger partial charge is 0.0961 e. The standard InChI is InChI=1S/C14H29NO2/c1-5-6-12(4)9-13(16)14-10-15(11(2)3)7-8-17-14/h11-14,16H,5-10H2,1-4H3. The molecule has 0 saturated carbocycles. The van der Waals surface area contributed by atoms with E-state index in [0.717, 1.165) is 26.1 Å². The molecule has 0 radical (unpaired) electrons. The molecule has 0 aliphatic carbocycles. The Morgan fingerprint density at radius 2 is 2.06 bits per heavy atom. The Bertz CT molecular complexity index is 208. The molecule has 1 aliphatic heterocycles. The van der Waals surface area contributed by atoms with Crippen LogP contribution in [0.25, 0.3) is 0 Å². The van der Waals surface area contributed by atoms with E-state index in [1.54, 1.807) is 0 Å². The van der Waals surface area contributed by atoms with Crippen molar-refractivity contribution in [3.63, 3.8) is 0 Å². The average molecular weight is 243 g/mol. The summed E-state index contributed by atoms with van der Waals surface area (Å²) in [7, 11) is 0. The van der Waals surface area contributed by atoms with Gasteiger partial charge in [-0.15, -0.1) is 0 Å². The van der Waals surface area contributed by atoms with Crippen LogP contribution in [0, 0.1) is 5.92 Å². The number of hydrogen-bond donors (Lipinski definition) is 1. The van der Waals surface area contributed by atoms with Crippen molar-refractivity contribution in [1.29, 1.82) is 0 Å². The summed E-state index contributed by atoms with van der Waals surface area (Å²) in [5.41, 5.74) is 0. The number of nitrogens with zero attached hydrogens (tertiary/aromatic N) is 1. The maximum atomic E-state index is 10.2. The first-order chi connectivity index (χ1) is 8.04. The van der Waals surface area contributed by atoms with E-state index in [1.165, 1.54) is 12.8 Å². The highest BCUT2D eigenvalue weighted by Gasteiger charge is 2.28. The zero-order valence-corrected chi connectivity index (χ0v) is 11.9. The highest BCUT2D eigenvalue weighted by molar-refractivity contribution is 4.80. The number of aliphatic hydroxyl groups is 1. The van der Waals surface area contributed by atoms with Crippen LogP contribution in [0.3, 0.4) is 0 Å². The lowest BCUT2D eigenvalue weighted by atomic mass is 9.95. The summed E-state index contributed by atoms with van der Waals surface area (Å²) in [6.07, 6.45) is 2.95. The molecule has 1 N–H and O–H groups in total. The van der Waals surface area contributed by atoms with Gasteiger partial charge in [-0.2, -0.15) is 0 Å². The second kappa shape index (κ2) is 7.34. The van der Waals surface area contributed by atoms with Crippen molar-refractivity contribution >= 4 is 0 Å². The number of morpholine rings is 1. The lowest BCUT2D eigenvalue weighted by Crippen LogP contribution is -2.50. The fraction of sp³-hybridized carbons (Fsp3) is 1.00. The van der Waals surface area contributed by atoms with Gasteiger partial charge in [0.1, 0.15) is 0 Å². The SMILES string of the molecule is CCCC(C)CC(O)C1CN(C(C)C)CCO1. The van der Waals surface area contributed by atoms with E-state index < -0.39 is 0 Å². The highest BCUT2D eigenvalue weighted by atomic mass is 16.5. The average Bonchev–Trinajstić information content (AvgIpc) is 2.29. The lowest BCUT2D eigenvalue weighted by Gasteiger charge is -2.37. The Morgan fingerprint density at radius 3 is 2.65 bits per heavy atom. The fourth-order valence-electron chi connectivity index (χ4n) is 2.57. The topological polar surface area (TPSA) is 32.7 Å². The quantitative estimate of drug-likeness (QED) is 0.777. The molecule has 3 heteroatoms. The molecular weight excluding hydrogens is 214 g/mol. The van der Waals surface area contributed by atoms with Crippen LogP contribution < -0.4 is 0 Å². The van der Waals surface area contributed by atoms with Crippen LogP contribution in [0.1, 0.15) is 47.0 Å². The summed E-state index contributed by atoms with van der Waals surface area (Å²) < 4.78 is 5.71. The van der Waals surface area contributed by atoms with Gasteiger partial charge in [0.15, 0.2) is 0 Å². The molecule has 0 aromatic heterocycles. The third-order valence-corrected chi connectivity index (χ3v) is 3.71. The second-order valence-electron chi connectivity index (χ2n) is 5.69. The molecule has 0 aromatic carbocycles. The van der Waals surface area contributed by atoms with Crippen LogP contribution in [0.5, 0.6) is 0 Å². The number of ether oxygens (including phenoxy) is 1. The first-order valence-corrected chi connectivity index (χ1v) is 7.08. The molecule has 0 aromatic rings. The molecule has 1 aliphatic rings. The van der Waals surface area contributed by atoms with Gasteiger partial charge < -0.3 is 9.84 Å². The molecule has 0 spiro atoms. The van der Waals surface area contributed by atoms with Crippen molar-refractivity contribution in [3.8, 4) is 0 Å². The third kappa shape index (κ3) is 4.94. The molecule has 0 bridgehead atoms. The number of aliphatic hydroxyl groups excluding tert-OH is 1. The summed E-state index contributed by atoms with van der Waals surface area (Å²) in [4.78, 5) is 2.39. The van der Waals surface area contributed by atoms with Crippen molar-refractivity contribution < 1.29 is 9.84 Å². The van der Waals surface area contributed by atoms with Crippen LogP contribution >= 0.6 is 0 Å². The van der Waals surface area contributed by atoms with Gasteiger partial charge in [-0.25, -0.2) is 0 Å². The van der Waals surface area contributed by atoms with Gasteiger partial charge in [-0.05, 0) is 26.2 Å². The van der Waals surface area contributed by atoms with Crippen molar-refractivity contribution in [2.24, 2.45) is 5.92 Å². The predicted molar refractivity (Wildman–Crippen MR) is 71.1 cm³/mol. The van der Waals surface area contributed by atoms with E-state index in [1.807, 2.05) is 0 Å². The Hall–Kier alpha value is -0.120. The van der Waals surface area contributed by atoms with Gasteiger partial charge in [-0.3, -0.25) is 4.90 Å². The van der Waals surface area contributed by atoms with Gasteiger partial charge in [-0.1, -0.05) is 26.7 Å². The van der Waals surface area contributed by atoms with E-state index in [0.29, 0.717) is 12.0 Å². The van der Waals surface area contributed by atoms with Crippen LogP contribution in [0.2, 0.25) is 0 Å². The first kappa shape index (κ1) is 14.9. The normalized spacial score (nSPS) is 26.1. The molecule has 1 saturated heterocycles. The molecule has 1 rings (SSSR count). The molecule has 1 fully saturated rings. The first-order valence-electron chi connectivity index (χ1n) is 7.08. The largest absolute Gasteiger partial charge is 0.390 e. The van der Waals surface area contributed by atoms with E-state index in [2.05, 4.69) is 32.6 Å². The van der Waals surface area contributed by atoms with Gasteiger partial charge in [0.25, 0.3) is 0 Å². The third-order valence-electron chi connectivity index (χ3n) is 3.71. The van der Waals surface area contributed by atoms with Crippen LogP contribution in [0.15, 0.2) is 0 Å². The minimum Gasteiger partial charge on any atom is -0.390 e. The fourth-order valence-corrected chi connectivity index (χ4v) is 2.57. The zero-order chi connectivity index (χ0) is 12.8. The Kier molecular flexibility index (Phi) is 6.45. The number of rotatable bonds is 6. The van der Waals surface area contributed by atoms with Crippen LogP contribution in [0.4, 0.5) is 0 Å². The maximum Gasteiger partial charge on any atom is 0.0961 e. The van der Waals surface area contributed by atoms with Crippen molar-refractivity contribution in [1.82, 2.24) is 4.90 Å². The zero-order valence-electron chi connectivity index (χ0n) is 11.9. The summed E-state index contributed by atoms with van der Waals surface area (Å²) in [5.74, 6) is 0.591. The van der Waals surface area contributed by atoms with Crippen molar-refractivity contribution in [2.45, 2.75) is 65.2 Å². The van der Waals surface area contributed by atoms with Gasteiger partial charge in [0, 0.05) is 19.1 Å². The predicted octanol–water partition coefficient (Wildman–Crippen LogP) is 2.28. The highest BCUT2D eigenvalue weighted by Crippen LogP contribution is 2.19. The Labute approximate surface area is 106 Å². The summed E-state index contributed by atoms with van der Waals surface area (Å²) >= 11 is 0. The molecule has 102 valence electrons. The Morgan fingerprint density at radius 1 is 1.35 bits per heavy atom. The summed E-state index contributed by atoms with van der Waals surface area (Å²) in [6, 6.07) is 0.543. The second-order valence-corrected chi connectivity index (χ2v) is 5.69. The molecule has 0 amide bonds. The van der Waals surface area contributed by atoms with E-state index in [9.17, 15) is 5.11 Å². The Balaban J connectivity index is 2.37. The lowest BCUT2D eigenvalue weighted by molar-refractivity contribution is -0.0996. The van der Waals surface area contributed by atoms with E-state index >= 15 is 0 Å². The van der Waals surface area contributed by atoms with E-state index in [4.69, 9.17) is 4.74 Å². The van der Waals surface area contributed by atoms with Crippen LogP contribution in [-0.2, 0) is 4.74 Å². The molecule has 3 atom stereocenters. The van der Waals surface area contributed by atoms with Crippen molar-refractivity contribution in [3.05, 3.63) is 0 Å². The van der Waals surface area contributed by atoms with Gasteiger partial charge in [0.05, 0.1) is 18.8 Å². The monoisotopic (exact) mass is 243 g/mol. The van der Waals surface area contributed by atoms with Crippen LogP contribution in [-0.4, -0.2) is 48.0 Å². The minimum atomic E-state index is -0.307. The summed E-state index contributed by atoms with van der Waals surface area (Å²) in [5, 5.41) is 10.2. The molecule has 3 nitrogen and oxygen atoms in total. The molecular formula is C14H29NO2. The minimum absolute atomic E-state index is 0.00505. The molecule has 17 heavy (non-hydrogen) atoms. The summed E-state index contributed by atoms with van der Waals surface area (Å²) in [6.45, 7) is 11.4. The molecule has 1 heterocycles.